The second-order valence-electron chi connectivity index (χ2n) is 26.6. The summed E-state index contributed by atoms with van der Waals surface area (Å²) in [5.74, 6) is 0. The van der Waals surface area contributed by atoms with Gasteiger partial charge in [0.2, 0.25) is 0 Å². The van der Waals surface area contributed by atoms with E-state index < -0.39 is 0 Å². The third-order valence-corrected chi connectivity index (χ3v) is 17.7. The molecule has 0 aliphatic heterocycles. The maximum atomic E-state index is 4.90. The summed E-state index contributed by atoms with van der Waals surface area (Å²) in [6, 6.07) is 0. The van der Waals surface area contributed by atoms with E-state index in [1.54, 1.807) is 0 Å². The molecule has 0 rings (SSSR count). The van der Waals surface area contributed by atoms with Crippen molar-refractivity contribution in [3.05, 3.63) is 24.3 Å². The van der Waals surface area contributed by atoms with Crippen LogP contribution in [0.5, 0.6) is 0 Å². The normalized spacial score (nSPS) is 11.9. The average molecular weight is 1150 g/mol. The Morgan fingerprint density at radius 2 is 0.380 bits per heavy atom. The zero-order valence-corrected chi connectivity index (χ0v) is 57.8. The third-order valence-electron chi connectivity index (χ3n) is 17.7. The molecule has 0 amide bonds. The molecule has 4 heteroatoms. The monoisotopic (exact) mass is 1150 g/mol. The van der Waals surface area contributed by atoms with Gasteiger partial charge in [0.1, 0.15) is 0 Å². The van der Waals surface area contributed by atoms with Crippen molar-refractivity contribution < 1.29 is 35.0 Å². The fourth-order valence-corrected chi connectivity index (χ4v) is 12.0. The van der Waals surface area contributed by atoms with Crippen molar-refractivity contribution in [2.24, 2.45) is 0 Å². The zero-order valence-electron chi connectivity index (χ0n) is 56.3. The molecule has 0 bridgehead atoms. The molecule has 0 aromatic carbocycles. The summed E-state index contributed by atoms with van der Waals surface area (Å²) in [4.78, 5) is 0. The molecule has 0 saturated heterocycles. The largest absolute Gasteiger partial charge is 1.00 e. The number of nitrogens with zero attached hydrogens (tertiary/aromatic N) is 1. The fraction of sp³-hybridized carbons (Fsp3) is 0.947. The van der Waals surface area contributed by atoms with Crippen LogP contribution in [0.25, 0.3) is 0 Å². The highest BCUT2D eigenvalue weighted by Crippen LogP contribution is 2.26. The molecule has 79 heavy (non-hydrogen) atoms. The summed E-state index contributed by atoms with van der Waals surface area (Å²) in [6.45, 7) is 14.3. The van der Waals surface area contributed by atoms with Crippen LogP contribution >= 0.6 is 0 Å². The Bertz CT molecular complexity index is 999. The molecule has 0 radical (unpaired) electrons. The highest BCUT2D eigenvalue weighted by atomic mass is 35.5. The minimum atomic E-state index is 0. The SMILES string of the molecule is CCCCCCCC/C=C\CCCCCCCC[N+](C)(C)CCCCCCCC/C=C\CCCCCCCC.CCCCCCCCCCCCC([NH3+])(CCCCCCCCCCCC)CCCCCCCCCCCC.[Cl-].[Cl-]. The smallest absolute Gasteiger partial charge is 0.0945 e. The lowest BCUT2D eigenvalue weighted by Crippen LogP contribution is -3.00. The van der Waals surface area contributed by atoms with Crippen LogP contribution in [0.3, 0.4) is 0 Å². The van der Waals surface area contributed by atoms with Gasteiger partial charge in [-0.1, -0.05) is 335 Å². The van der Waals surface area contributed by atoms with Crippen molar-refractivity contribution in [1.82, 2.24) is 0 Å². The molecule has 0 aliphatic carbocycles. The van der Waals surface area contributed by atoms with E-state index in [1.807, 2.05) is 0 Å². The Morgan fingerprint density at radius 3 is 0.570 bits per heavy atom. The van der Waals surface area contributed by atoms with E-state index in [1.165, 1.54) is 409 Å². The number of hydrogen-bond donors (Lipinski definition) is 1. The molecule has 0 unspecified atom stereocenters. The van der Waals surface area contributed by atoms with Gasteiger partial charge in [0.05, 0.1) is 32.7 Å². The summed E-state index contributed by atoms with van der Waals surface area (Å²) < 4.78 is 1.23. The molecule has 0 aromatic heterocycles. The summed E-state index contributed by atoms with van der Waals surface area (Å²) >= 11 is 0. The lowest BCUT2D eigenvalue weighted by atomic mass is 9.82. The quantitative estimate of drug-likeness (QED) is 0.0357. The zero-order chi connectivity index (χ0) is 56.4. The first-order chi connectivity index (χ1) is 37.8. The first-order valence-electron chi connectivity index (χ1n) is 36.8. The van der Waals surface area contributed by atoms with Crippen molar-refractivity contribution in [2.45, 2.75) is 432 Å². The Labute approximate surface area is 515 Å². The number of hydrogen-bond acceptors (Lipinski definition) is 0. The highest BCUT2D eigenvalue weighted by Gasteiger charge is 2.27. The third kappa shape index (κ3) is 76.0. The van der Waals surface area contributed by atoms with Gasteiger partial charge in [-0.15, -0.1) is 0 Å². The molecule has 0 atom stereocenters. The molecule has 0 spiro atoms. The lowest BCUT2D eigenvalue weighted by Gasteiger charge is -2.30. The maximum absolute atomic E-state index is 4.90. The Kier molecular flexibility index (Phi) is 80.1. The van der Waals surface area contributed by atoms with Crippen molar-refractivity contribution in [2.75, 3.05) is 27.2 Å². The van der Waals surface area contributed by atoms with Gasteiger partial charge in [0.15, 0.2) is 0 Å². The van der Waals surface area contributed by atoms with Gasteiger partial charge >= 0.3 is 0 Å². The van der Waals surface area contributed by atoms with E-state index >= 15 is 0 Å². The van der Waals surface area contributed by atoms with E-state index in [4.69, 9.17) is 5.73 Å². The fourth-order valence-electron chi connectivity index (χ4n) is 12.0. The van der Waals surface area contributed by atoms with Crippen LogP contribution in [0.15, 0.2) is 24.3 Å². The highest BCUT2D eigenvalue weighted by molar-refractivity contribution is 4.82. The molecule has 3 N–H and O–H groups in total. The lowest BCUT2D eigenvalue weighted by molar-refractivity contribution is -0.890. The second-order valence-corrected chi connectivity index (χ2v) is 26.6. The molecule has 0 aliphatic rings. The van der Waals surface area contributed by atoms with Gasteiger partial charge in [-0.2, -0.15) is 0 Å². The first-order valence-corrected chi connectivity index (χ1v) is 36.8. The van der Waals surface area contributed by atoms with Gasteiger partial charge in [0, 0.05) is 19.3 Å². The number of rotatable bonds is 65. The van der Waals surface area contributed by atoms with Gasteiger partial charge in [0.25, 0.3) is 0 Å². The molecule has 0 heterocycles. The molecular formula is C75H154Cl2N2. The molecule has 478 valence electrons. The molecule has 0 aromatic rings. The number of halogens is 2. The van der Waals surface area contributed by atoms with Crippen LogP contribution in [0.2, 0.25) is 0 Å². The van der Waals surface area contributed by atoms with Gasteiger partial charge in [-0.05, 0) is 96.3 Å². The van der Waals surface area contributed by atoms with E-state index in [-0.39, 0.29) is 24.8 Å². The summed E-state index contributed by atoms with van der Waals surface area (Å²) in [5.41, 5.74) is 5.27. The van der Waals surface area contributed by atoms with Gasteiger partial charge in [-0.25, -0.2) is 0 Å². The van der Waals surface area contributed by atoms with Gasteiger partial charge in [-0.3, -0.25) is 0 Å². The van der Waals surface area contributed by atoms with Crippen molar-refractivity contribution >= 4 is 0 Å². The number of quaternary nitrogens is 2. The minimum Gasteiger partial charge on any atom is -1.00 e. The standard InChI is InChI=1S/C38H76N.C37H77N.2ClH/c1-5-7-9-11-13-15-17-19-21-23-25-27-29-31-33-35-37-39(3,4)38-36-34-32-30-28-26-24-22-20-18-16-14-12-10-8-6-2;1-4-7-10-13-16-19-22-25-28-31-34-37(38,35-32-29-26-23-20-17-14-11-8-5-2)36-33-30-27-24-21-18-15-12-9-6-3;;/h19-22H,5-18,23-38H2,1-4H3;4-36,38H2,1-3H3;2*1H/q+1;;;/p-1/b21-19-,22-20-;;;. The number of unbranched alkanes of at least 4 members (excludes halogenated alkanes) is 51. The second kappa shape index (κ2) is 74.1. The minimum absolute atomic E-state index is 0. The van der Waals surface area contributed by atoms with E-state index in [9.17, 15) is 0 Å². The van der Waals surface area contributed by atoms with Crippen LogP contribution < -0.4 is 30.5 Å². The maximum Gasteiger partial charge on any atom is 0.0945 e. The van der Waals surface area contributed by atoms with Crippen molar-refractivity contribution in [3.63, 3.8) is 0 Å². The van der Waals surface area contributed by atoms with E-state index in [2.05, 4.69) is 73.0 Å². The predicted octanol–water partition coefficient (Wildman–Crippen LogP) is 20.0. The van der Waals surface area contributed by atoms with Crippen LogP contribution in [-0.4, -0.2) is 37.2 Å². The van der Waals surface area contributed by atoms with Crippen LogP contribution in [0, 0.1) is 0 Å². The van der Waals surface area contributed by atoms with E-state index in [0.29, 0.717) is 5.54 Å². The van der Waals surface area contributed by atoms with Crippen LogP contribution in [-0.2, 0) is 0 Å². The van der Waals surface area contributed by atoms with Gasteiger partial charge < -0.3 is 35.0 Å². The Morgan fingerprint density at radius 1 is 0.228 bits per heavy atom. The van der Waals surface area contributed by atoms with Crippen LogP contribution in [0.1, 0.15) is 426 Å². The summed E-state index contributed by atoms with van der Waals surface area (Å²) in [5, 5.41) is 0. The Balaban J connectivity index is -0.000000695. The summed E-state index contributed by atoms with van der Waals surface area (Å²) in [7, 11) is 4.91. The molecular weight excluding hydrogens is 1000 g/mol. The van der Waals surface area contributed by atoms with Crippen molar-refractivity contribution in [1.29, 1.82) is 0 Å². The number of allylic oxidation sites excluding steroid dienone is 4. The topological polar surface area (TPSA) is 27.6 Å². The predicted molar refractivity (Wildman–Crippen MR) is 356 cm³/mol. The van der Waals surface area contributed by atoms with Crippen molar-refractivity contribution in [3.8, 4) is 0 Å². The molecule has 0 fully saturated rings. The van der Waals surface area contributed by atoms with E-state index in [0.717, 1.165) is 0 Å². The summed E-state index contributed by atoms with van der Waals surface area (Å²) in [6.07, 6.45) is 96.6. The molecule has 2 nitrogen and oxygen atoms in total. The molecule has 0 saturated carbocycles. The first kappa shape index (κ1) is 85.4. The average Bonchev–Trinajstić information content (AvgIpc) is 3.42. The van der Waals surface area contributed by atoms with Crippen LogP contribution in [0.4, 0.5) is 0 Å². The Hall–Kier alpha value is -0.0200.